The van der Waals surface area contributed by atoms with Gasteiger partial charge in [-0.25, -0.2) is 4.79 Å². The van der Waals surface area contributed by atoms with Crippen LogP contribution in [0.4, 0.5) is 0 Å². The first kappa shape index (κ1) is 15.4. The first-order valence-electron chi connectivity index (χ1n) is 5.55. The Balaban J connectivity index is 5.10. The van der Waals surface area contributed by atoms with Crippen LogP contribution in [0.5, 0.6) is 0 Å². The molecule has 0 saturated carbocycles. The molecule has 0 aliphatic carbocycles. The molecule has 0 fully saturated rings. The zero-order chi connectivity index (χ0) is 13.1. The summed E-state index contributed by atoms with van der Waals surface area (Å²) in [5, 5.41) is 18.0. The fourth-order valence-corrected chi connectivity index (χ4v) is 2.78. The minimum Gasteiger partial charge on any atom is -0.393 e. The molecule has 0 aliphatic rings. The van der Waals surface area contributed by atoms with E-state index < -0.39 is 23.4 Å². The van der Waals surface area contributed by atoms with Gasteiger partial charge in [-0.15, -0.1) is 0 Å². The Hall–Kier alpha value is -0.610. The van der Waals surface area contributed by atoms with Crippen molar-refractivity contribution in [1.29, 1.82) is 0 Å². The summed E-state index contributed by atoms with van der Waals surface area (Å²) < 4.78 is 0. The van der Waals surface area contributed by atoms with Gasteiger partial charge in [0.15, 0.2) is 0 Å². The second-order valence-electron chi connectivity index (χ2n) is 6.25. The number of aliphatic hydroxyl groups excluding tert-OH is 1. The molecule has 0 heterocycles. The highest BCUT2D eigenvalue weighted by Crippen LogP contribution is 2.43. The minimum atomic E-state index is -0.641. The van der Waals surface area contributed by atoms with Gasteiger partial charge in [0.2, 0.25) is 0 Å². The molecule has 2 atom stereocenters. The van der Waals surface area contributed by atoms with E-state index >= 15 is 0 Å². The maximum absolute atomic E-state index is 11.6. The minimum absolute atomic E-state index is 0.335. The van der Waals surface area contributed by atoms with E-state index in [1.54, 1.807) is 6.92 Å². The molecule has 0 aromatic heterocycles. The van der Waals surface area contributed by atoms with Crippen LogP contribution in [0.25, 0.3) is 0 Å². The molecule has 0 spiro atoms. The first-order valence-corrected chi connectivity index (χ1v) is 5.55. The van der Waals surface area contributed by atoms with Gasteiger partial charge in [0.25, 0.3) is 0 Å². The Morgan fingerprint density at radius 1 is 1.25 bits per heavy atom. The lowest BCUT2D eigenvalue weighted by molar-refractivity contribution is -0.247. The lowest BCUT2D eigenvalue weighted by atomic mass is 9.64. The highest BCUT2D eigenvalue weighted by atomic mass is 17.1. The van der Waals surface area contributed by atoms with Crippen molar-refractivity contribution in [2.75, 3.05) is 0 Å². The van der Waals surface area contributed by atoms with Crippen molar-refractivity contribution in [2.24, 2.45) is 16.7 Å². The van der Waals surface area contributed by atoms with Crippen LogP contribution in [0.15, 0.2) is 0 Å². The summed E-state index contributed by atoms with van der Waals surface area (Å²) in [7, 11) is 0. The summed E-state index contributed by atoms with van der Waals surface area (Å²) in [6.45, 7) is 11.2. The maximum Gasteiger partial charge on any atom is 0.346 e. The number of rotatable bonds is 4. The number of hydrogen-bond acceptors (Lipinski definition) is 4. The summed E-state index contributed by atoms with van der Waals surface area (Å²) in [6, 6.07) is 0. The third kappa shape index (κ3) is 4.10. The molecule has 2 unspecified atom stereocenters. The van der Waals surface area contributed by atoms with Crippen LogP contribution >= 0.6 is 0 Å². The van der Waals surface area contributed by atoms with Gasteiger partial charge in [-0.05, 0) is 24.2 Å². The second kappa shape index (κ2) is 5.15. The van der Waals surface area contributed by atoms with Crippen LogP contribution in [0, 0.1) is 16.7 Å². The van der Waals surface area contributed by atoms with E-state index in [1.165, 1.54) is 0 Å². The third-order valence-corrected chi connectivity index (χ3v) is 2.79. The fraction of sp³-hybridized carbons (Fsp3) is 0.917. The standard InChI is InChI=1S/C12H24O4/c1-8(13)7-12(5,6)9(10(14)16-15)11(2,3)4/h8-9,13,15H,7H2,1-6H3. The molecule has 0 aromatic rings. The molecule has 4 heteroatoms. The van der Waals surface area contributed by atoms with E-state index in [9.17, 15) is 9.90 Å². The molecular weight excluding hydrogens is 208 g/mol. The lowest BCUT2D eigenvalue weighted by Crippen LogP contribution is -2.42. The molecule has 2 N–H and O–H groups in total. The van der Waals surface area contributed by atoms with Crippen LogP contribution < -0.4 is 0 Å². The van der Waals surface area contributed by atoms with Crippen LogP contribution in [-0.2, 0) is 9.68 Å². The summed E-state index contributed by atoms with van der Waals surface area (Å²) in [6.07, 6.45) is -0.0179. The molecule has 0 radical (unpaired) electrons. The normalized spacial score (nSPS) is 16.8. The van der Waals surface area contributed by atoms with E-state index in [0.29, 0.717) is 6.42 Å². The Labute approximate surface area is 97.5 Å². The van der Waals surface area contributed by atoms with Gasteiger partial charge in [0, 0.05) is 0 Å². The Morgan fingerprint density at radius 3 is 1.94 bits per heavy atom. The summed E-state index contributed by atoms with van der Waals surface area (Å²) >= 11 is 0. The summed E-state index contributed by atoms with van der Waals surface area (Å²) in [5.41, 5.74) is -0.773. The van der Waals surface area contributed by atoms with Crippen molar-refractivity contribution in [3.8, 4) is 0 Å². The molecule has 0 aromatic carbocycles. The average molecular weight is 232 g/mol. The van der Waals surface area contributed by atoms with E-state index in [0.717, 1.165) is 0 Å². The van der Waals surface area contributed by atoms with Crippen LogP contribution in [-0.4, -0.2) is 22.4 Å². The van der Waals surface area contributed by atoms with Crippen LogP contribution in [0.3, 0.4) is 0 Å². The Kier molecular flexibility index (Phi) is 4.95. The van der Waals surface area contributed by atoms with E-state index in [1.807, 2.05) is 34.6 Å². The molecule has 0 bridgehead atoms. The largest absolute Gasteiger partial charge is 0.393 e. The van der Waals surface area contributed by atoms with Gasteiger partial charge in [-0.3, -0.25) is 0 Å². The summed E-state index contributed by atoms with van der Waals surface area (Å²) in [4.78, 5) is 15.5. The molecule has 16 heavy (non-hydrogen) atoms. The Bertz CT molecular complexity index is 238. The van der Waals surface area contributed by atoms with Crippen LogP contribution in [0.2, 0.25) is 0 Å². The highest BCUT2D eigenvalue weighted by Gasteiger charge is 2.45. The monoisotopic (exact) mass is 232 g/mol. The zero-order valence-corrected chi connectivity index (χ0v) is 11.1. The van der Waals surface area contributed by atoms with Gasteiger partial charge in [0.1, 0.15) is 0 Å². The lowest BCUT2D eigenvalue weighted by Gasteiger charge is -2.40. The highest BCUT2D eigenvalue weighted by molar-refractivity contribution is 5.73. The number of aliphatic hydroxyl groups is 1. The van der Waals surface area contributed by atoms with Crippen LogP contribution in [0.1, 0.15) is 48.0 Å². The number of carbonyl (C=O) groups is 1. The molecular formula is C12H24O4. The zero-order valence-electron chi connectivity index (χ0n) is 11.1. The van der Waals surface area contributed by atoms with Gasteiger partial charge in [-0.1, -0.05) is 34.6 Å². The van der Waals surface area contributed by atoms with Crippen molar-refractivity contribution in [1.82, 2.24) is 0 Å². The second-order valence-corrected chi connectivity index (χ2v) is 6.25. The van der Waals surface area contributed by atoms with Gasteiger partial charge in [0.05, 0.1) is 12.0 Å². The smallest absolute Gasteiger partial charge is 0.346 e. The molecule has 96 valence electrons. The topological polar surface area (TPSA) is 66.8 Å². The first-order chi connectivity index (χ1) is 7.02. The van der Waals surface area contributed by atoms with Crippen molar-refractivity contribution in [2.45, 2.75) is 54.1 Å². The molecule has 0 aliphatic heterocycles. The molecule has 0 saturated heterocycles. The third-order valence-electron chi connectivity index (χ3n) is 2.79. The van der Waals surface area contributed by atoms with Gasteiger partial charge < -0.3 is 9.99 Å². The fourth-order valence-electron chi connectivity index (χ4n) is 2.78. The van der Waals surface area contributed by atoms with Gasteiger partial charge in [-0.2, -0.15) is 5.26 Å². The quantitative estimate of drug-likeness (QED) is 0.577. The SMILES string of the molecule is CC(O)CC(C)(C)C(C(=O)OO)C(C)(C)C. The molecule has 0 amide bonds. The predicted molar refractivity (Wildman–Crippen MR) is 61.7 cm³/mol. The van der Waals surface area contributed by atoms with Crippen molar-refractivity contribution >= 4 is 5.97 Å². The van der Waals surface area contributed by atoms with Gasteiger partial charge >= 0.3 is 5.97 Å². The van der Waals surface area contributed by atoms with Crippen molar-refractivity contribution in [3.63, 3.8) is 0 Å². The summed E-state index contributed by atoms with van der Waals surface area (Å²) in [5.74, 6) is -1.11. The molecule has 4 nitrogen and oxygen atoms in total. The van der Waals surface area contributed by atoms with E-state index in [2.05, 4.69) is 4.89 Å². The predicted octanol–water partition coefficient (Wildman–Crippen LogP) is 2.46. The Morgan fingerprint density at radius 2 is 1.69 bits per heavy atom. The molecule has 0 rings (SSSR count). The number of carbonyl (C=O) groups excluding carboxylic acids is 1. The van der Waals surface area contributed by atoms with E-state index in [-0.39, 0.29) is 5.41 Å². The van der Waals surface area contributed by atoms with Crippen molar-refractivity contribution < 1.29 is 20.0 Å². The maximum atomic E-state index is 11.6. The van der Waals surface area contributed by atoms with E-state index in [4.69, 9.17) is 5.26 Å². The average Bonchev–Trinajstić information content (AvgIpc) is 1.97. The number of hydrogen-bond donors (Lipinski definition) is 2. The van der Waals surface area contributed by atoms with Crippen molar-refractivity contribution in [3.05, 3.63) is 0 Å².